The van der Waals surface area contributed by atoms with Crippen LogP contribution < -0.4 is 10.1 Å². The van der Waals surface area contributed by atoms with Gasteiger partial charge in [-0.1, -0.05) is 44.0 Å². The highest BCUT2D eigenvalue weighted by Gasteiger charge is 2.00. The van der Waals surface area contributed by atoms with Gasteiger partial charge in [-0.05, 0) is 42.8 Å². The molecule has 0 amide bonds. The van der Waals surface area contributed by atoms with Crippen molar-refractivity contribution in [3.05, 3.63) is 57.0 Å². The molecule has 4 heteroatoms. The van der Waals surface area contributed by atoms with E-state index in [0.717, 1.165) is 32.5 Å². The summed E-state index contributed by atoms with van der Waals surface area (Å²) in [5.74, 6) is 0.922. The van der Waals surface area contributed by atoms with Crippen LogP contribution in [0.3, 0.4) is 0 Å². The van der Waals surface area contributed by atoms with Crippen molar-refractivity contribution < 1.29 is 4.74 Å². The Labute approximate surface area is 130 Å². The Balaban J connectivity index is 1.82. The number of nitrogens with one attached hydrogen (secondary N) is 1. The second-order valence-electron chi connectivity index (χ2n) is 4.20. The van der Waals surface area contributed by atoms with Crippen molar-refractivity contribution in [2.75, 3.05) is 18.5 Å². The van der Waals surface area contributed by atoms with E-state index in [-0.39, 0.29) is 0 Å². The summed E-state index contributed by atoms with van der Waals surface area (Å²) in [6.07, 6.45) is 0. The topological polar surface area (TPSA) is 21.3 Å². The molecule has 0 radical (unpaired) electrons. The van der Waals surface area contributed by atoms with Crippen molar-refractivity contribution in [2.45, 2.75) is 6.92 Å². The summed E-state index contributed by atoms with van der Waals surface area (Å²) in [4.78, 5) is 0. The highest BCUT2D eigenvalue weighted by atomic mass is 79.9. The van der Waals surface area contributed by atoms with Crippen LogP contribution in [0.15, 0.2) is 51.4 Å². The van der Waals surface area contributed by atoms with Gasteiger partial charge in [0.05, 0.1) is 0 Å². The quantitative estimate of drug-likeness (QED) is 0.731. The van der Waals surface area contributed by atoms with Gasteiger partial charge in [-0.15, -0.1) is 0 Å². The van der Waals surface area contributed by atoms with E-state index in [1.165, 1.54) is 0 Å². The van der Waals surface area contributed by atoms with Crippen molar-refractivity contribution in [3.63, 3.8) is 0 Å². The fraction of sp³-hybridized carbons (Fsp3) is 0.200. The third kappa shape index (κ3) is 4.55. The summed E-state index contributed by atoms with van der Waals surface area (Å²) in [6.45, 7) is 3.44. The average molecular weight is 385 g/mol. The highest BCUT2D eigenvalue weighted by molar-refractivity contribution is 9.10. The van der Waals surface area contributed by atoms with Crippen LogP contribution in [-0.4, -0.2) is 13.2 Å². The molecular weight excluding hydrogens is 370 g/mol. The normalized spacial score (nSPS) is 10.3. The third-order valence-electron chi connectivity index (χ3n) is 2.66. The van der Waals surface area contributed by atoms with Gasteiger partial charge in [0.25, 0.3) is 0 Å². The van der Waals surface area contributed by atoms with Gasteiger partial charge in [0.1, 0.15) is 12.4 Å². The SMILES string of the molecule is Cc1ccc(Br)cc1OCCNc1cccc(Br)c1. The van der Waals surface area contributed by atoms with Crippen LogP contribution in [-0.2, 0) is 0 Å². The third-order valence-corrected chi connectivity index (χ3v) is 3.65. The Morgan fingerprint density at radius 1 is 1.05 bits per heavy atom. The maximum atomic E-state index is 5.77. The Morgan fingerprint density at radius 3 is 2.63 bits per heavy atom. The summed E-state index contributed by atoms with van der Waals surface area (Å²) in [5, 5.41) is 3.32. The van der Waals surface area contributed by atoms with Gasteiger partial charge in [-0.2, -0.15) is 0 Å². The molecule has 2 rings (SSSR count). The van der Waals surface area contributed by atoms with Crippen LogP contribution in [0.4, 0.5) is 5.69 Å². The number of halogens is 2. The first-order chi connectivity index (χ1) is 9.15. The predicted molar refractivity (Wildman–Crippen MR) is 87.0 cm³/mol. The van der Waals surface area contributed by atoms with Crippen molar-refractivity contribution in [2.24, 2.45) is 0 Å². The van der Waals surface area contributed by atoms with E-state index in [2.05, 4.69) is 37.2 Å². The molecule has 0 aromatic heterocycles. The summed E-state index contributed by atoms with van der Waals surface area (Å²) in [7, 11) is 0. The molecule has 0 saturated carbocycles. The molecule has 0 saturated heterocycles. The molecule has 1 N–H and O–H groups in total. The molecule has 0 atom stereocenters. The number of anilines is 1. The minimum atomic E-state index is 0.629. The highest BCUT2D eigenvalue weighted by Crippen LogP contribution is 2.22. The average Bonchev–Trinajstić information content (AvgIpc) is 2.39. The van der Waals surface area contributed by atoms with Crippen LogP contribution in [0.2, 0.25) is 0 Å². The van der Waals surface area contributed by atoms with Crippen LogP contribution in [0, 0.1) is 6.92 Å². The lowest BCUT2D eigenvalue weighted by Gasteiger charge is -2.11. The largest absolute Gasteiger partial charge is 0.491 e. The number of aryl methyl sites for hydroxylation is 1. The number of hydrogen-bond donors (Lipinski definition) is 1. The lowest BCUT2D eigenvalue weighted by atomic mass is 10.2. The monoisotopic (exact) mass is 383 g/mol. The number of hydrogen-bond acceptors (Lipinski definition) is 2. The lowest BCUT2D eigenvalue weighted by Crippen LogP contribution is -2.11. The van der Waals surface area contributed by atoms with E-state index in [1.54, 1.807) is 0 Å². The maximum Gasteiger partial charge on any atom is 0.123 e. The fourth-order valence-electron chi connectivity index (χ4n) is 1.68. The first kappa shape index (κ1) is 14.4. The Bertz CT molecular complexity index is 558. The zero-order valence-corrected chi connectivity index (χ0v) is 13.8. The molecule has 100 valence electrons. The molecule has 0 unspecified atom stereocenters. The van der Waals surface area contributed by atoms with E-state index in [1.807, 2.05) is 49.4 Å². The van der Waals surface area contributed by atoms with Gasteiger partial charge < -0.3 is 10.1 Å². The van der Waals surface area contributed by atoms with E-state index in [0.29, 0.717) is 6.61 Å². The molecule has 0 bridgehead atoms. The smallest absolute Gasteiger partial charge is 0.123 e. The van der Waals surface area contributed by atoms with Crippen molar-refractivity contribution in [1.29, 1.82) is 0 Å². The summed E-state index contributed by atoms with van der Waals surface area (Å²) in [5.41, 5.74) is 2.23. The van der Waals surface area contributed by atoms with E-state index in [9.17, 15) is 0 Å². The van der Waals surface area contributed by atoms with Crippen molar-refractivity contribution in [3.8, 4) is 5.75 Å². The van der Waals surface area contributed by atoms with Gasteiger partial charge in [-0.25, -0.2) is 0 Å². The van der Waals surface area contributed by atoms with Gasteiger partial charge >= 0.3 is 0 Å². The standard InChI is InChI=1S/C15H15Br2NO/c1-11-5-6-13(17)10-15(11)19-8-7-18-14-4-2-3-12(16)9-14/h2-6,9-10,18H,7-8H2,1H3. The molecule has 2 nitrogen and oxygen atoms in total. The minimum absolute atomic E-state index is 0.629. The van der Waals surface area contributed by atoms with Crippen LogP contribution in [0.25, 0.3) is 0 Å². The van der Waals surface area contributed by atoms with Crippen molar-refractivity contribution >= 4 is 37.5 Å². The second kappa shape index (κ2) is 6.96. The number of ether oxygens (including phenoxy) is 1. The van der Waals surface area contributed by atoms with E-state index >= 15 is 0 Å². The molecular formula is C15H15Br2NO. The minimum Gasteiger partial charge on any atom is -0.491 e. The summed E-state index contributed by atoms with van der Waals surface area (Å²) < 4.78 is 7.87. The zero-order chi connectivity index (χ0) is 13.7. The van der Waals surface area contributed by atoms with Crippen molar-refractivity contribution in [1.82, 2.24) is 0 Å². The molecule has 0 aliphatic carbocycles. The first-order valence-electron chi connectivity index (χ1n) is 6.03. The Hall–Kier alpha value is -1.000. The molecule has 0 heterocycles. The first-order valence-corrected chi connectivity index (χ1v) is 7.62. The molecule has 0 aliphatic rings. The molecule has 19 heavy (non-hydrogen) atoms. The lowest BCUT2D eigenvalue weighted by molar-refractivity contribution is 0.330. The van der Waals surface area contributed by atoms with Gasteiger partial charge in [0, 0.05) is 21.2 Å². The summed E-state index contributed by atoms with van der Waals surface area (Å²) in [6, 6.07) is 14.1. The van der Waals surface area contributed by atoms with E-state index in [4.69, 9.17) is 4.74 Å². The van der Waals surface area contributed by atoms with Crippen LogP contribution in [0.5, 0.6) is 5.75 Å². The van der Waals surface area contributed by atoms with E-state index < -0.39 is 0 Å². The Kier molecular flexibility index (Phi) is 5.28. The molecule has 0 spiro atoms. The van der Waals surface area contributed by atoms with Gasteiger partial charge in [0.15, 0.2) is 0 Å². The predicted octanol–water partition coefficient (Wildman–Crippen LogP) is 5.01. The second-order valence-corrected chi connectivity index (χ2v) is 6.03. The van der Waals surface area contributed by atoms with Gasteiger partial charge in [-0.3, -0.25) is 0 Å². The number of rotatable bonds is 5. The fourth-order valence-corrected chi connectivity index (χ4v) is 2.42. The molecule has 0 aliphatic heterocycles. The molecule has 2 aromatic rings. The summed E-state index contributed by atoms with van der Waals surface area (Å²) >= 11 is 6.90. The van der Waals surface area contributed by atoms with Gasteiger partial charge in [0.2, 0.25) is 0 Å². The van der Waals surface area contributed by atoms with Crippen LogP contribution >= 0.6 is 31.9 Å². The Morgan fingerprint density at radius 2 is 1.84 bits per heavy atom. The molecule has 0 fully saturated rings. The molecule has 2 aromatic carbocycles. The number of benzene rings is 2. The maximum absolute atomic E-state index is 5.77. The van der Waals surface area contributed by atoms with Crippen LogP contribution in [0.1, 0.15) is 5.56 Å². The zero-order valence-electron chi connectivity index (χ0n) is 10.6.